The summed E-state index contributed by atoms with van der Waals surface area (Å²) >= 11 is 0. The SMILES string of the molecule is CCOc1ccc(CC(CNC(=O)C2(Cc3ccccc3F)CC2)C(=O)O)cc1. The highest BCUT2D eigenvalue weighted by molar-refractivity contribution is 5.86. The Labute approximate surface area is 169 Å². The second-order valence-electron chi connectivity index (χ2n) is 7.57. The Balaban J connectivity index is 1.58. The maximum atomic E-state index is 13.9. The van der Waals surface area contributed by atoms with Crippen molar-refractivity contribution in [3.63, 3.8) is 0 Å². The van der Waals surface area contributed by atoms with E-state index < -0.39 is 17.3 Å². The Morgan fingerprint density at radius 1 is 1.17 bits per heavy atom. The molecule has 29 heavy (non-hydrogen) atoms. The van der Waals surface area contributed by atoms with Gasteiger partial charge in [0.25, 0.3) is 0 Å². The zero-order valence-electron chi connectivity index (χ0n) is 16.5. The van der Waals surface area contributed by atoms with Crippen LogP contribution < -0.4 is 10.1 Å². The van der Waals surface area contributed by atoms with Crippen LogP contribution in [-0.2, 0) is 22.4 Å². The first-order valence-electron chi connectivity index (χ1n) is 9.90. The van der Waals surface area contributed by atoms with E-state index in [4.69, 9.17) is 4.74 Å². The van der Waals surface area contributed by atoms with Gasteiger partial charge in [-0.2, -0.15) is 0 Å². The minimum atomic E-state index is -0.960. The van der Waals surface area contributed by atoms with Gasteiger partial charge in [-0.25, -0.2) is 4.39 Å². The zero-order chi connectivity index (χ0) is 20.9. The number of nitrogens with one attached hydrogen (secondary N) is 1. The summed E-state index contributed by atoms with van der Waals surface area (Å²) in [6.45, 7) is 2.51. The third-order valence-corrected chi connectivity index (χ3v) is 5.40. The van der Waals surface area contributed by atoms with Crippen LogP contribution in [0, 0.1) is 17.2 Å². The first kappa shape index (κ1) is 20.8. The van der Waals surface area contributed by atoms with E-state index in [0.717, 1.165) is 11.3 Å². The molecule has 6 heteroatoms. The minimum Gasteiger partial charge on any atom is -0.494 e. The highest BCUT2D eigenvalue weighted by atomic mass is 19.1. The standard InChI is InChI=1S/C23H26FNO4/c1-2-29-19-9-7-16(8-10-19)13-18(21(26)27)15-25-22(28)23(11-12-23)14-17-5-3-4-6-20(17)24/h3-10,18H,2,11-15H2,1H3,(H,25,28)(H,26,27). The van der Waals surface area contributed by atoms with Crippen LogP contribution in [0.25, 0.3) is 0 Å². The van der Waals surface area contributed by atoms with Crippen molar-refractivity contribution in [3.05, 3.63) is 65.5 Å². The molecular weight excluding hydrogens is 373 g/mol. The number of benzene rings is 2. The second-order valence-corrected chi connectivity index (χ2v) is 7.57. The van der Waals surface area contributed by atoms with Gasteiger partial charge in [-0.3, -0.25) is 9.59 Å². The number of aliphatic carboxylic acids is 1. The lowest BCUT2D eigenvalue weighted by molar-refractivity contribution is -0.141. The van der Waals surface area contributed by atoms with E-state index in [-0.39, 0.29) is 18.3 Å². The molecule has 1 aliphatic rings. The summed E-state index contributed by atoms with van der Waals surface area (Å²) in [5, 5.41) is 12.3. The molecule has 0 aliphatic heterocycles. The third-order valence-electron chi connectivity index (χ3n) is 5.40. The number of carbonyl (C=O) groups is 2. The van der Waals surface area contributed by atoms with Crippen molar-refractivity contribution in [2.45, 2.75) is 32.6 Å². The van der Waals surface area contributed by atoms with Crippen molar-refractivity contribution in [2.75, 3.05) is 13.2 Å². The average molecular weight is 399 g/mol. The Kier molecular flexibility index (Phi) is 6.52. The summed E-state index contributed by atoms with van der Waals surface area (Å²) in [5.41, 5.74) is 0.761. The van der Waals surface area contributed by atoms with Gasteiger partial charge in [0.05, 0.1) is 17.9 Å². The van der Waals surface area contributed by atoms with E-state index in [9.17, 15) is 19.1 Å². The number of halogens is 1. The van der Waals surface area contributed by atoms with Crippen LogP contribution in [0.2, 0.25) is 0 Å². The monoisotopic (exact) mass is 399 g/mol. The Hall–Kier alpha value is -2.89. The fourth-order valence-electron chi connectivity index (χ4n) is 3.46. The lowest BCUT2D eigenvalue weighted by Crippen LogP contribution is -2.39. The summed E-state index contributed by atoms with van der Waals surface area (Å²) in [6, 6.07) is 13.7. The largest absolute Gasteiger partial charge is 0.494 e. The highest BCUT2D eigenvalue weighted by Crippen LogP contribution is 2.48. The second kappa shape index (κ2) is 9.07. The smallest absolute Gasteiger partial charge is 0.308 e. The third kappa shape index (κ3) is 5.34. The number of ether oxygens (including phenoxy) is 1. The fraction of sp³-hybridized carbons (Fsp3) is 0.391. The first-order valence-corrected chi connectivity index (χ1v) is 9.90. The lowest BCUT2D eigenvalue weighted by atomic mass is 9.94. The van der Waals surface area contributed by atoms with Crippen LogP contribution in [0.15, 0.2) is 48.5 Å². The average Bonchev–Trinajstić information content (AvgIpc) is 3.49. The summed E-state index contributed by atoms with van der Waals surface area (Å²) < 4.78 is 19.3. The van der Waals surface area contributed by atoms with Gasteiger partial charge in [-0.1, -0.05) is 30.3 Å². The van der Waals surface area contributed by atoms with Gasteiger partial charge in [0.15, 0.2) is 0 Å². The van der Waals surface area contributed by atoms with Gasteiger partial charge in [0, 0.05) is 6.54 Å². The van der Waals surface area contributed by atoms with Crippen molar-refractivity contribution in [3.8, 4) is 5.75 Å². The molecule has 1 aliphatic carbocycles. The summed E-state index contributed by atoms with van der Waals surface area (Å²) in [6.07, 6.45) is 2.01. The van der Waals surface area contributed by atoms with Gasteiger partial charge in [-0.05, 0) is 61.9 Å². The van der Waals surface area contributed by atoms with Crippen molar-refractivity contribution < 1.29 is 23.8 Å². The number of carboxylic acids is 1. The number of hydrogen-bond donors (Lipinski definition) is 2. The Bertz CT molecular complexity index is 861. The number of hydrogen-bond acceptors (Lipinski definition) is 3. The fourth-order valence-corrected chi connectivity index (χ4v) is 3.46. The number of rotatable bonds is 10. The molecule has 1 atom stereocenters. The van der Waals surface area contributed by atoms with E-state index in [0.29, 0.717) is 37.9 Å². The molecule has 2 aromatic carbocycles. The van der Waals surface area contributed by atoms with Crippen LogP contribution in [0.1, 0.15) is 30.9 Å². The predicted octanol–water partition coefficient (Wildman–Crippen LogP) is 3.61. The van der Waals surface area contributed by atoms with Crippen molar-refractivity contribution in [1.29, 1.82) is 0 Å². The van der Waals surface area contributed by atoms with E-state index in [1.807, 2.05) is 31.2 Å². The van der Waals surface area contributed by atoms with Crippen LogP contribution in [0.3, 0.4) is 0 Å². The molecular formula is C23H26FNO4. The molecule has 1 unspecified atom stereocenters. The quantitative estimate of drug-likeness (QED) is 0.640. The van der Waals surface area contributed by atoms with Crippen LogP contribution in [0.4, 0.5) is 4.39 Å². The normalized spacial score (nSPS) is 15.4. The maximum absolute atomic E-state index is 13.9. The number of carboxylic acid groups (broad SMARTS) is 1. The lowest BCUT2D eigenvalue weighted by Gasteiger charge is -2.19. The Morgan fingerprint density at radius 3 is 2.45 bits per heavy atom. The number of amides is 1. The molecule has 0 aromatic heterocycles. The Morgan fingerprint density at radius 2 is 1.86 bits per heavy atom. The molecule has 2 aromatic rings. The summed E-state index contributed by atoms with van der Waals surface area (Å²) in [5.74, 6) is -1.47. The van der Waals surface area contributed by atoms with Gasteiger partial charge in [0.2, 0.25) is 5.91 Å². The molecule has 0 saturated heterocycles. The van der Waals surface area contributed by atoms with Crippen LogP contribution in [0.5, 0.6) is 5.75 Å². The maximum Gasteiger partial charge on any atom is 0.308 e. The minimum absolute atomic E-state index is 0.0421. The van der Waals surface area contributed by atoms with E-state index in [1.165, 1.54) is 6.07 Å². The predicted molar refractivity (Wildman–Crippen MR) is 107 cm³/mol. The first-order chi connectivity index (χ1) is 13.9. The molecule has 0 bridgehead atoms. The van der Waals surface area contributed by atoms with Crippen LogP contribution >= 0.6 is 0 Å². The van der Waals surface area contributed by atoms with Gasteiger partial charge >= 0.3 is 5.97 Å². The molecule has 1 saturated carbocycles. The van der Waals surface area contributed by atoms with E-state index >= 15 is 0 Å². The molecule has 0 radical (unpaired) electrons. The van der Waals surface area contributed by atoms with Crippen molar-refractivity contribution >= 4 is 11.9 Å². The number of carbonyl (C=O) groups excluding carboxylic acids is 1. The topological polar surface area (TPSA) is 75.6 Å². The molecule has 3 rings (SSSR count). The van der Waals surface area contributed by atoms with E-state index in [1.54, 1.807) is 18.2 Å². The molecule has 5 nitrogen and oxygen atoms in total. The zero-order valence-corrected chi connectivity index (χ0v) is 16.5. The molecule has 154 valence electrons. The van der Waals surface area contributed by atoms with Crippen LogP contribution in [-0.4, -0.2) is 30.1 Å². The van der Waals surface area contributed by atoms with Crippen molar-refractivity contribution in [2.24, 2.45) is 11.3 Å². The molecule has 0 heterocycles. The highest BCUT2D eigenvalue weighted by Gasteiger charge is 2.50. The van der Waals surface area contributed by atoms with Gasteiger partial charge in [0.1, 0.15) is 11.6 Å². The molecule has 1 fully saturated rings. The van der Waals surface area contributed by atoms with Gasteiger partial charge in [-0.15, -0.1) is 0 Å². The molecule has 2 N–H and O–H groups in total. The van der Waals surface area contributed by atoms with Gasteiger partial charge < -0.3 is 15.2 Å². The summed E-state index contributed by atoms with van der Waals surface area (Å²) in [4.78, 5) is 24.4. The van der Waals surface area contributed by atoms with Crippen molar-refractivity contribution in [1.82, 2.24) is 5.32 Å². The van der Waals surface area contributed by atoms with E-state index in [2.05, 4.69) is 5.32 Å². The molecule has 1 amide bonds. The summed E-state index contributed by atoms with van der Waals surface area (Å²) in [7, 11) is 0. The molecule has 0 spiro atoms.